The van der Waals surface area contributed by atoms with Crippen LogP contribution in [0.25, 0.3) is 11.4 Å². The summed E-state index contributed by atoms with van der Waals surface area (Å²) in [5, 5.41) is 0. The first kappa shape index (κ1) is 11.7. The van der Waals surface area contributed by atoms with Crippen molar-refractivity contribution in [2.75, 3.05) is 0 Å². The third-order valence-electron chi connectivity index (χ3n) is 2.25. The molecule has 1 aromatic heterocycles. The number of H-pyrrole nitrogens is 1. The second kappa shape index (κ2) is 4.45. The van der Waals surface area contributed by atoms with E-state index in [-0.39, 0.29) is 18.2 Å². The van der Waals surface area contributed by atoms with E-state index in [9.17, 15) is 4.39 Å². The van der Waals surface area contributed by atoms with Crippen molar-refractivity contribution in [3.63, 3.8) is 0 Å². The molecule has 1 heterocycles. The number of nitrogens with one attached hydrogen (secondary N) is 1. The molecule has 1 N–H and O–H groups in total. The van der Waals surface area contributed by atoms with E-state index in [1.807, 2.05) is 13.8 Å². The summed E-state index contributed by atoms with van der Waals surface area (Å²) in [7, 11) is 0. The van der Waals surface area contributed by atoms with Crippen LogP contribution >= 0.6 is 12.4 Å². The van der Waals surface area contributed by atoms with Gasteiger partial charge in [0, 0.05) is 11.3 Å². The van der Waals surface area contributed by atoms with Gasteiger partial charge in [0.1, 0.15) is 11.6 Å². The van der Waals surface area contributed by atoms with E-state index in [0.717, 1.165) is 22.8 Å². The summed E-state index contributed by atoms with van der Waals surface area (Å²) in [6, 6.07) is 6.30. The summed E-state index contributed by atoms with van der Waals surface area (Å²) >= 11 is 0. The van der Waals surface area contributed by atoms with Crippen molar-refractivity contribution in [3.05, 3.63) is 41.5 Å². The number of imidazole rings is 1. The van der Waals surface area contributed by atoms with Gasteiger partial charge in [0.25, 0.3) is 0 Å². The minimum atomic E-state index is -0.228. The van der Waals surface area contributed by atoms with Gasteiger partial charge in [-0.15, -0.1) is 12.4 Å². The zero-order valence-electron chi connectivity index (χ0n) is 8.54. The Hall–Kier alpha value is -1.35. The summed E-state index contributed by atoms with van der Waals surface area (Å²) in [5.41, 5.74) is 2.93. The van der Waals surface area contributed by atoms with Gasteiger partial charge < -0.3 is 4.98 Å². The van der Waals surface area contributed by atoms with Gasteiger partial charge in [-0.05, 0) is 38.1 Å². The molecule has 2 nitrogen and oxygen atoms in total. The average Bonchev–Trinajstić information content (AvgIpc) is 2.48. The Balaban J connectivity index is 0.00000112. The Morgan fingerprint density at radius 1 is 1.13 bits per heavy atom. The van der Waals surface area contributed by atoms with Crippen molar-refractivity contribution in [1.82, 2.24) is 9.97 Å². The molecule has 0 saturated heterocycles. The highest BCUT2D eigenvalue weighted by Crippen LogP contribution is 2.17. The Morgan fingerprint density at radius 3 is 2.20 bits per heavy atom. The fourth-order valence-electron chi connectivity index (χ4n) is 1.29. The fourth-order valence-corrected chi connectivity index (χ4v) is 1.29. The van der Waals surface area contributed by atoms with Gasteiger partial charge in [-0.1, -0.05) is 0 Å². The highest BCUT2D eigenvalue weighted by Gasteiger charge is 2.04. The number of aromatic amines is 1. The predicted octanol–water partition coefficient (Wildman–Crippen LogP) is 3.25. The smallest absolute Gasteiger partial charge is 0.137 e. The molecule has 0 aliphatic heterocycles. The van der Waals surface area contributed by atoms with Gasteiger partial charge in [0.05, 0.1) is 5.69 Å². The molecule has 0 fully saturated rings. The summed E-state index contributed by atoms with van der Waals surface area (Å²) in [4.78, 5) is 7.48. The molecule has 0 saturated carbocycles. The number of aryl methyl sites for hydroxylation is 2. The third kappa shape index (κ3) is 2.36. The lowest BCUT2D eigenvalue weighted by Gasteiger charge is -1.95. The second-order valence-corrected chi connectivity index (χ2v) is 3.30. The maximum absolute atomic E-state index is 12.7. The van der Waals surface area contributed by atoms with Crippen molar-refractivity contribution >= 4 is 12.4 Å². The van der Waals surface area contributed by atoms with Crippen LogP contribution in [0, 0.1) is 19.7 Å². The molecule has 4 heteroatoms. The first-order chi connectivity index (χ1) is 6.66. The van der Waals surface area contributed by atoms with Gasteiger partial charge in [-0.25, -0.2) is 9.37 Å². The largest absolute Gasteiger partial charge is 0.342 e. The molecule has 0 radical (unpaired) electrons. The first-order valence-electron chi connectivity index (χ1n) is 4.46. The lowest BCUT2D eigenvalue weighted by Crippen LogP contribution is -1.81. The van der Waals surface area contributed by atoms with E-state index in [4.69, 9.17) is 0 Å². The molecule has 0 spiro atoms. The van der Waals surface area contributed by atoms with Crippen LogP contribution < -0.4 is 0 Å². The lowest BCUT2D eigenvalue weighted by atomic mass is 10.2. The van der Waals surface area contributed by atoms with E-state index in [1.54, 1.807) is 12.1 Å². The molecule has 0 aliphatic rings. The summed E-state index contributed by atoms with van der Waals surface area (Å²) in [5.74, 6) is 0.564. The molecule has 2 aromatic rings. The Labute approximate surface area is 94.0 Å². The van der Waals surface area contributed by atoms with Gasteiger partial charge >= 0.3 is 0 Å². The zero-order valence-corrected chi connectivity index (χ0v) is 9.36. The van der Waals surface area contributed by atoms with Crippen LogP contribution in [-0.4, -0.2) is 9.97 Å². The van der Waals surface area contributed by atoms with Crippen LogP contribution in [0.4, 0.5) is 4.39 Å². The van der Waals surface area contributed by atoms with E-state index >= 15 is 0 Å². The molecule has 2 rings (SSSR count). The Morgan fingerprint density at radius 2 is 1.73 bits per heavy atom. The van der Waals surface area contributed by atoms with Crippen LogP contribution in [0.3, 0.4) is 0 Å². The normalized spacial score (nSPS) is 9.80. The maximum Gasteiger partial charge on any atom is 0.137 e. The number of rotatable bonds is 1. The number of nitrogens with zero attached hydrogens (tertiary/aromatic N) is 1. The van der Waals surface area contributed by atoms with Gasteiger partial charge in [-0.3, -0.25) is 0 Å². The molecule has 1 aromatic carbocycles. The average molecular weight is 227 g/mol. The van der Waals surface area contributed by atoms with Crippen molar-refractivity contribution in [2.45, 2.75) is 13.8 Å². The molecule has 0 unspecified atom stereocenters. The number of aromatic nitrogens is 2. The van der Waals surface area contributed by atoms with Crippen molar-refractivity contribution in [2.24, 2.45) is 0 Å². The molecule has 0 amide bonds. The molecule has 0 bridgehead atoms. The molecule has 15 heavy (non-hydrogen) atoms. The fraction of sp³-hybridized carbons (Fsp3) is 0.182. The van der Waals surface area contributed by atoms with Gasteiger partial charge in [0.15, 0.2) is 0 Å². The van der Waals surface area contributed by atoms with Crippen LogP contribution in [0.5, 0.6) is 0 Å². The second-order valence-electron chi connectivity index (χ2n) is 3.30. The highest BCUT2D eigenvalue weighted by atomic mass is 35.5. The molecule has 0 aliphatic carbocycles. The highest BCUT2D eigenvalue weighted by molar-refractivity contribution is 5.85. The SMILES string of the molecule is Cc1nc(-c2ccc(F)cc2)[nH]c1C.Cl. The molecular weight excluding hydrogens is 215 g/mol. The van der Waals surface area contributed by atoms with Crippen LogP contribution in [-0.2, 0) is 0 Å². The van der Waals surface area contributed by atoms with E-state index in [0.29, 0.717) is 0 Å². The third-order valence-corrected chi connectivity index (χ3v) is 2.25. The van der Waals surface area contributed by atoms with Crippen LogP contribution in [0.1, 0.15) is 11.4 Å². The minimum Gasteiger partial charge on any atom is -0.342 e. The van der Waals surface area contributed by atoms with E-state index < -0.39 is 0 Å². The number of halogens is 2. The first-order valence-corrected chi connectivity index (χ1v) is 4.46. The predicted molar refractivity (Wildman–Crippen MR) is 60.7 cm³/mol. The standard InChI is InChI=1S/C11H11FN2.ClH/c1-7-8(2)14-11(13-7)9-3-5-10(12)6-4-9;/h3-6H,1-2H3,(H,13,14);1H. The number of hydrogen-bond donors (Lipinski definition) is 1. The van der Waals surface area contributed by atoms with Crippen molar-refractivity contribution in [3.8, 4) is 11.4 Å². The van der Waals surface area contributed by atoms with Crippen LogP contribution in [0.2, 0.25) is 0 Å². The summed E-state index contributed by atoms with van der Waals surface area (Å²) in [6.45, 7) is 3.91. The quantitative estimate of drug-likeness (QED) is 0.795. The minimum absolute atomic E-state index is 0. The molecule has 0 atom stereocenters. The number of hydrogen-bond acceptors (Lipinski definition) is 1. The summed E-state index contributed by atoms with van der Waals surface area (Å²) in [6.07, 6.45) is 0. The molecule has 80 valence electrons. The molecular formula is C11H12ClFN2. The van der Waals surface area contributed by atoms with Crippen molar-refractivity contribution < 1.29 is 4.39 Å². The topological polar surface area (TPSA) is 28.7 Å². The maximum atomic E-state index is 12.7. The van der Waals surface area contributed by atoms with E-state index in [1.165, 1.54) is 12.1 Å². The number of benzene rings is 1. The van der Waals surface area contributed by atoms with Gasteiger partial charge in [0.2, 0.25) is 0 Å². The lowest BCUT2D eigenvalue weighted by molar-refractivity contribution is 0.628. The monoisotopic (exact) mass is 226 g/mol. The van der Waals surface area contributed by atoms with Crippen LogP contribution in [0.15, 0.2) is 24.3 Å². The van der Waals surface area contributed by atoms with E-state index in [2.05, 4.69) is 9.97 Å². The Bertz CT molecular complexity index is 429. The summed E-state index contributed by atoms with van der Waals surface area (Å²) < 4.78 is 12.7. The van der Waals surface area contributed by atoms with Gasteiger partial charge in [-0.2, -0.15) is 0 Å². The zero-order chi connectivity index (χ0) is 10.1. The van der Waals surface area contributed by atoms with Crippen molar-refractivity contribution in [1.29, 1.82) is 0 Å². The Kier molecular flexibility index (Phi) is 3.48.